The minimum Gasteiger partial charge on any atom is -0.309 e. The number of para-hydroxylation sites is 3. The molecule has 10 rings (SSSR count). The maximum Gasteiger partial charge on any atom is 0.164 e. The van der Waals surface area contributed by atoms with E-state index in [0.29, 0.717) is 17.5 Å². The summed E-state index contributed by atoms with van der Waals surface area (Å²) in [6, 6.07) is 61.7. The third kappa shape index (κ3) is 5.61. The van der Waals surface area contributed by atoms with E-state index in [1.807, 2.05) is 84.9 Å². The summed E-state index contributed by atoms with van der Waals surface area (Å²) in [5, 5.41) is 1.01. The van der Waals surface area contributed by atoms with E-state index in [1.54, 1.807) is 0 Å². The third-order valence-corrected chi connectivity index (χ3v) is 9.62. The van der Waals surface area contributed by atoms with Gasteiger partial charge < -0.3 is 4.90 Å². The Kier molecular flexibility index (Phi) is 7.66. The van der Waals surface area contributed by atoms with Crippen LogP contribution >= 0.6 is 0 Å². The van der Waals surface area contributed by atoms with Gasteiger partial charge in [0.1, 0.15) is 16.7 Å². The lowest BCUT2D eigenvalue weighted by Crippen LogP contribution is -2.10. The highest BCUT2D eigenvalue weighted by molar-refractivity contribution is 6.09. The van der Waals surface area contributed by atoms with Crippen molar-refractivity contribution >= 4 is 44.6 Å². The highest BCUT2D eigenvalue weighted by Gasteiger charge is 2.20. The average molecular weight is 694 g/mol. The normalized spacial score (nSPS) is 11.3. The van der Waals surface area contributed by atoms with Gasteiger partial charge in [-0.25, -0.2) is 24.9 Å². The predicted molar refractivity (Wildman–Crippen MR) is 218 cm³/mol. The highest BCUT2D eigenvalue weighted by atomic mass is 15.2. The van der Waals surface area contributed by atoms with Gasteiger partial charge in [0.15, 0.2) is 17.5 Å². The van der Waals surface area contributed by atoms with Crippen LogP contribution in [-0.2, 0) is 0 Å². The fourth-order valence-electron chi connectivity index (χ4n) is 7.04. The molecule has 0 saturated carbocycles. The van der Waals surface area contributed by atoms with Crippen LogP contribution in [0.15, 0.2) is 188 Å². The van der Waals surface area contributed by atoms with Crippen LogP contribution in [0.25, 0.3) is 73.0 Å². The van der Waals surface area contributed by atoms with E-state index in [4.69, 9.17) is 24.9 Å². The van der Waals surface area contributed by atoms with Crippen LogP contribution in [0.4, 0.5) is 17.1 Å². The lowest BCUT2D eigenvalue weighted by molar-refractivity contribution is 1.07. The van der Waals surface area contributed by atoms with Crippen molar-refractivity contribution in [3.8, 4) is 45.4 Å². The smallest absolute Gasteiger partial charge is 0.164 e. The van der Waals surface area contributed by atoms with Crippen molar-refractivity contribution < 1.29 is 0 Å². The zero-order valence-electron chi connectivity index (χ0n) is 29.0. The van der Waals surface area contributed by atoms with Gasteiger partial charge in [-0.2, -0.15) is 0 Å². The molecule has 0 atom stereocenters. The number of benzene rings is 6. The first-order valence-corrected chi connectivity index (χ1v) is 17.9. The Hall–Kier alpha value is -7.51. The van der Waals surface area contributed by atoms with Crippen molar-refractivity contribution in [2.24, 2.45) is 0 Å². The van der Waals surface area contributed by atoms with Crippen LogP contribution < -0.4 is 4.90 Å². The van der Waals surface area contributed by atoms with Gasteiger partial charge in [0.25, 0.3) is 0 Å². The van der Waals surface area contributed by atoms with Crippen LogP contribution in [-0.4, -0.2) is 29.3 Å². The molecule has 0 amide bonds. The second-order valence-electron chi connectivity index (χ2n) is 13.0. The summed E-state index contributed by atoms with van der Waals surface area (Å²) in [5.41, 5.74) is 11.3. The van der Waals surface area contributed by atoms with E-state index in [2.05, 4.69) is 113 Å². The molecule has 4 heterocycles. The fourth-order valence-corrected chi connectivity index (χ4v) is 7.04. The van der Waals surface area contributed by atoms with Gasteiger partial charge >= 0.3 is 0 Å². The number of pyridine rings is 2. The summed E-state index contributed by atoms with van der Waals surface area (Å²) < 4.78 is 2.18. The molecule has 10 aromatic rings. The van der Waals surface area contributed by atoms with E-state index in [-0.39, 0.29) is 0 Å². The lowest BCUT2D eigenvalue weighted by atomic mass is 10.0. The van der Waals surface area contributed by atoms with Gasteiger partial charge in [-0.15, -0.1) is 0 Å². The number of anilines is 3. The van der Waals surface area contributed by atoms with Crippen LogP contribution in [0.1, 0.15) is 0 Å². The van der Waals surface area contributed by atoms with Gasteiger partial charge in [0, 0.05) is 45.2 Å². The van der Waals surface area contributed by atoms with Crippen molar-refractivity contribution in [1.82, 2.24) is 29.3 Å². The first-order chi connectivity index (χ1) is 26.8. The number of aromatic nitrogens is 6. The molecule has 0 unspecified atom stereocenters. The number of hydrogen-bond donors (Lipinski definition) is 0. The Morgan fingerprint density at radius 2 is 0.852 bits per heavy atom. The largest absolute Gasteiger partial charge is 0.309 e. The molecule has 0 N–H and O–H groups in total. The van der Waals surface area contributed by atoms with Gasteiger partial charge in [0.05, 0.1) is 16.9 Å². The van der Waals surface area contributed by atoms with Crippen molar-refractivity contribution in [1.29, 1.82) is 0 Å². The number of fused-ring (bicyclic) bond motifs is 5. The topological polar surface area (TPSA) is 72.1 Å². The van der Waals surface area contributed by atoms with E-state index in [1.165, 1.54) is 0 Å². The van der Waals surface area contributed by atoms with Crippen molar-refractivity contribution in [2.75, 3.05) is 4.90 Å². The summed E-state index contributed by atoms with van der Waals surface area (Å²) >= 11 is 0. The minimum absolute atomic E-state index is 0.604. The first-order valence-electron chi connectivity index (χ1n) is 17.9. The zero-order valence-corrected chi connectivity index (χ0v) is 29.0. The minimum atomic E-state index is 0.604. The summed E-state index contributed by atoms with van der Waals surface area (Å²) in [6.45, 7) is 0. The molecular weight excluding hydrogens is 663 g/mol. The van der Waals surface area contributed by atoms with Crippen molar-refractivity contribution in [3.05, 3.63) is 188 Å². The molecule has 254 valence electrons. The molecule has 7 nitrogen and oxygen atoms in total. The van der Waals surface area contributed by atoms with E-state index >= 15 is 0 Å². The van der Waals surface area contributed by atoms with Crippen molar-refractivity contribution in [2.45, 2.75) is 0 Å². The Morgan fingerprint density at radius 1 is 0.370 bits per heavy atom. The molecule has 7 heteroatoms. The quantitative estimate of drug-likeness (QED) is 0.165. The number of rotatable bonds is 7. The Morgan fingerprint density at radius 3 is 1.43 bits per heavy atom. The molecule has 0 aliphatic heterocycles. The molecule has 54 heavy (non-hydrogen) atoms. The number of nitrogens with zero attached hydrogens (tertiary/aromatic N) is 7. The van der Waals surface area contributed by atoms with Gasteiger partial charge in [-0.1, -0.05) is 140 Å². The monoisotopic (exact) mass is 693 g/mol. The summed E-state index contributed by atoms with van der Waals surface area (Å²) in [7, 11) is 0. The molecule has 0 bridgehead atoms. The molecule has 0 fully saturated rings. The molecule has 0 saturated heterocycles. The second-order valence-corrected chi connectivity index (χ2v) is 13.0. The van der Waals surface area contributed by atoms with E-state index in [9.17, 15) is 0 Å². The molecular formula is C47H31N7. The molecule has 0 aliphatic rings. The standard InChI is InChI=1S/C47H31N7/c1-5-15-33(16-6-1)45-50-46(34-17-7-2-8-18-34)52-47(51-45)35-27-25-32(26-28-35)42-44-43(39-23-13-14-24-40(39)48-42)49-41-30-29-38(31-53(41)44)54(36-19-9-3-10-20-36)37-21-11-4-12-22-37/h1-31H. The molecule has 0 radical (unpaired) electrons. The molecule has 0 aliphatic carbocycles. The Balaban J connectivity index is 1.13. The van der Waals surface area contributed by atoms with Crippen LogP contribution in [0.2, 0.25) is 0 Å². The van der Waals surface area contributed by atoms with Gasteiger partial charge in [-0.05, 0) is 42.5 Å². The summed E-state index contributed by atoms with van der Waals surface area (Å²) in [5.74, 6) is 1.86. The third-order valence-electron chi connectivity index (χ3n) is 9.62. The van der Waals surface area contributed by atoms with Gasteiger partial charge in [0.2, 0.25) is 0 Å². The Bertz CT molecular complexity index is 2810. The van der Waals surface area contributed by atoms with Crippen LogP contribution in [0.3, 0.4) is 0 Å². The van der Waals surface area contributed by atoms with E-state index < -0.39 is 0 Å². The van der Waals surface area contributed by atoms with Crippen LogP contribution in [0.5, 0.6) is 0 Å². The fraction of sp³-hybridized carbons (Fsp3) is 0. The van der Waals surface area contributed by atoms with E-state index in [0.717, 1.165) is 72.6 Å². The first kappa shape index (κ1) is 31.2. The SMILES string of the molecule is c1ccc(-c2nc(-c3ccccc3)nc(-c3ccc(-c4nc5ccccc5c5nc6ccc(N(c7ccccc7)c7ccccc7)cn6c45)cc3)n2)cc1. The summed E-state index contributed by atoms with van der Waals surface area (Å²) in [4.78, 5) is 27.5. The molecule has 0 spiro atoms. The maximum absolute atomic E-state index is 5.28. The highest BCUT2D eigenvalue weighted by Crippen LogP contribution is 2.38. The average Bonchev–Trinajstić information content (AvgIpc) is 3.64. The molecule has 4 aromatic heterocycles. The van der Waals surface area contributed by atoms with Crippen LogP contribution in [0, 0.1) is 0 Å². The maximum atomic E-state index is 5.28. The Labute approximate surface area is 311 Å². The second kappa shape index (κ2) is 13.2. The number of hydrogen-bond acceptors (Lipinski definition) is 6. The number of imidazole rings is 1. The van der Waals surface area contributed by atoms with Crippen molar-refractivity contribution in [3.63, 3.8) is 0 Å². The summed E-state index contributed by atoms with van der Waals surface area (Å²) in [6.07, 6.45) is 2.17. The van der Waals surface area contributed by atoms with Gasteiger partial charge in [-0.3, -0.25) is 4.40 Å². The zero-order chi connectivity index (χ0) is 35.8. The lowest BCUT2D eigenvalue weighted by Gasteiger charge is -2.25. The molecule has 6 aromatic carbocycles. The predicted octanol–water partition coefficient (Wildman–Crippen LogP) is 11.4.